The van der Waals surface area contributed by atoms with Crippen molar-refractivity contribution in [2.75, 3.05) is 20.2 Å². The van der Waals surface area contributed by atoms with E-state index in [4.69, 9.17) is 0 Å². The van der Waals surface area contributed by atoms with Gasteiger partial charge in [0.05, 0.1) is 12.0 Å². The van der Waals surface area contributed by atoms with Gasteiger partial charge in [-0.2, -0.15) is 4.31 Å². The van der Waals surface area contributed by atoms with Crippen molar-refractivity contribution >= 4 is 21.9 Å². The van der Waals surface area contributed by atoms with E-state index in [-0.39, 0.29) is 10.5 Å². The van der Waals surface area contributed by atoms with E-state index in [0.29, 0.717) is 13.1 Å². The van der Waals surface area contributed by atoms with E-state index in [1.165, 1.54) is 42.6 Å². The molecule has 1 amide bonds. The number of hydrogen-bond acceptors (Lipinski definition) is 5. The van der Waals surface area contributed by atoms with Crippen molar-refractivity contribution in [3.63, 3.8) is 0 Å². The number of esters is 1. The Bertz CT molecular complexity index is 678. The summed E-state index contributed by atoms with van der Waals surface area (Å²) in [6.07, 6.45) is 1.73. The summed E-state index contributed by atoms with van der Waals surface area (Å²) in [5.74, 6) is -1.01. The minimum atomic E-state index is -3.49. The second-order valence-corrected chi connectivity index (χ2v) is 7.29. The summed E-state index contributed by atoms with van der Waals surface area (Å²) in [4.78, 5) is 23.5. The quantitative estimate of drug-likeness (QED) is 0.799. The van der Waals surface area contributed by atoms with Gasteiger partial charge in [-0.3, -0.25) is 4.79 Å². The minimum absolute atomic E-state index is 0.164. The van der Waals surface area contributed by atoms with Crippen molar-refractivity contribution in [2.45, 2.75) is 30.7 Å². The summed E-state index contributed by atoms with van der Waals surface area (Å²) in [6.45, 7) is 2.57. The fraction of sp³-hybridized carbons (Fsp3) is 0.467. The Morgan fingerprint density at radius 1 is 1.17 bits per heavy atom. The zero-order chi connectivity index (χ0) is 17.0. The summed E-state index contributed by atoms with van der Waals surface area (Å²) in [5, 5.41) is 2.49. The van der Waals surface area contributed by atoms with Crippen molar-refractivity contribution in [3.05, 3.63) is 29.8 Å². The first-order valence-electron chi connectivity index (χ1n) is 7.35. The monoisotopic (exact) mass is 340 g/mol. The van der Waals surface area contributed by atoms with E-state index in [1.54, 1.807) is 0 Å². The highest BCUT2D eigenvalue weighted by Gasteiger charge is 2.27. The summed E-state index contributed by atoms with van der Waals surface area (Å²) in [7, 11) is -2.26. The molecule has 0 saturated carbocycles. The number of carbonyl (C=O) groups is 2. The number of nitrogens with one attached hydrogen (secondary N) is 1. The van der Waals surface area contributed by atoms with E-state index in [2.05, 4.69) is 10.1 Å². The fourth-order valence-corrected chi connectivity index (χ4v) is 3.89. The molecule has 1 N–H and O–H groups in total. The lowest BCUT2D eigenvalue weighted by atomic mass is 10.2. The zero-order valence-electron chi connectivity index (χ0n) is 13.1. The molecule has 1 heterocycles. The summed E-state index contributed by atoms with van der Waals surface area (Å²) in [5.41, 5.74) is 0.279. The Morgan fingerprint density at radius 2 is 1.74 bits per heavy atom. The highest BCUT2D eigenvalue weighted by atomic mass is 32.2. The first-order chi connectivity index (χ1) is 10.9. The van der Waals surface area contributed by atoms with Crippen LogP contribution in [0.25, 0.3) is 0 Å². The SMILES string of the molecule is COC(=O)C(C)NC(=O)c1ccc(S(=O)(=O)N2CCCC2)cc1. The number of hydrogen-bond donors (Lipinski definition) is 1. The third-order valence-corrected chi connectivity index (χ3v) is 5.63. The highest BCUT2D eigenvalue weighted by molar-refractivity contribution is 7.89. The lowest BCUT2D eigenvalue weighted by molar-refractivity contribution is -0.142. The molecule has 1 atom stereocenters. The van der Waals surface area contributed by atoms with Crippen LogP contribution in [-0.2, 0) is 19.6 Å². The number of sulfonamides is 1. The molecule has 1 aliphatic heterocycles. The van der Waals surface area contributed by atoms with Crippen molar-refractivity contribution in [1.29, 1.82) is 0 Å². The molecular weight excluding hydrogens is 320 g/mol. The molecule has 0 spiro atoms. The van der Waals surface area contributed by atoms with Crippen molar-refractivity contribution < 1.29 is 22.7 Å². The molecule has 0 bridgehead atoms. The molecule has 0 aromatic heterocycles. The highest BCUT2D eigenvalue weighted by Crippen LogP contribution is 2.21. The topological polar surface area (TPSA) is 92.8 Å². The lowest BCUT2D eigenvalue weighted by Crippen LogP contribution is -2.39. The van der Waals surface area contributed by atoms with E-state index in [1.807, 2.05) is 0 Å². The van der Waals surface area contributed by atoms with Crippen LogP contribution in [0, 0.1) is 0 Å². The number of amides is 1. The minimum Gasteiger partial charge on any atom is -0.467 e. The van der Waals surface area contributed by atoms with E-state index < -0.39 is 27.9 Å². The van der Waals surface area contributed by atoms with Crippen molar-refractivity contribution in [2.24, 2.45) is 0 Å². The molecule has 0 radical (unpaired) electrons. The summed E-state index contributed by atoms with van der Waals surface area (Å²) < 4.78 is 30.7. The van der Waals surface area contributed by atoms with Gasteiger partial charge >= 0.3 is 5.97 Å². The molecule has 1 aliphatic rings. The predicted molar refractivity (Wildman–Crippen MR) is 83.4 cm³/mol. The molecule has 1 unspecified atom stereocenters. The third kappa shape index (κ3) is 3.89. The number of methoxy groups -OCH3 is 1. The Balaban J connectivity index is 2.10. The molecule has 1 aromatic carbocycles. The average Bonchev–Trinajstić information content (AvgIpc) is 3.09. The smallest absolute Gasteiger partial charge is 0.328 e. The van der Waals surface area contributed by atoms with Crippen LogP contribution in [-0.4, -0.2) is 50.8 Å². The Kier molecular flexibility index (Phi) is 5.38. The molecule has 2 rings (SSSR count). The number of rotatable bonds is 5. The molecule has 1 saturated heterocycles. The molecule has 0 aliphatic carbocycles. The van der Waals surface area contributed by atoms with Crippen LogP contribution in [0.3, 0.4) is 0 Å². The zero-order valence-corrected chi connectivity index (χ0v) is 13.9. The Hall–Kier alpha value is -1.93. The second kappa shape index (κ2) is 7.10. The van der Waals surface area contributed by atoms with Crippen LogP contribution >= 0.6 is 0 Å². The van der Waals surface area contributed by atoms with E-state index in [9.17, 15) is 18.0 Å². The molecule has 23 heavy (non-hydrogen) atoms. The molecule has 1 aromatic rings. The summed E-state index contributed by atoms with van der Waals surface area (Å²) in [6, 6.07) is 4.90. The van der Waals surface area contributed by atoms with Gasteiger partial charge in [0.15, 0.2) is 0 Å². The van der Waals surface area contributed by atoms with Gasteiger partial charge in [-0.05, 0) is 44.0 Å². The average molecular weight is 340 g/mol. The fourth-order valence-electron chi connectivity index (χ4n) is 2.37. The standard InChI is InChI=1S/C15H20N2O5S/c1-11(15(19)22-2)16-14(18)12-5-7-13(8-6-12)23(20,21)17-9-3-4-10-17/h5-8,11H,3-4,9-10H2,1-2H3,(H,16,18). The van der Waals surface area contributed by atoms with Crippen LogP contribution in [0.2, 0.25) is 0 Å². The maximum Gasteiger partial charge on any atom is 0.328 e. The van der Waals surface area contributed by atoms with Gasteiger partial charge in [0.25, 0.3) is 5.91 Å². The predicted octanol–water partition coefficient (Wildman–Crippen LogP) is 0.762. The first-order valence-corrected chi connectivity index (χ1v) is 8.79. The van der Waals surface area contributed by atoms with Gasteiger partial charge < -0.3 is 10.1 Å². The second-order valence-electron chi connectivity index (χ2n) is 5.35. The maximum absolute atomic E-state index is 12.4. The van der Waals surface area contributed by atoms with Gasteiger partial charge in [-0.25, -0.2) is 13.2 Å². The number of carbonyl (C=O) groups excluding carboxylic acids is 2. The Morgan fingerprint density at radius 3 is 2.26 bits per heavy atom. The number of nitrogens with zero attached hydrogens (tertiary/aromatic N) is 1. The maximum atomic E-state index is 12.4. The largest absolute Gasteiger partial charge is 0.467 e. The van der Waals surface area contributed by atoms with Gasteiger partial charge in [-0.1, -0.05) is 0 Å². The van der Waals surface area contributed by atoms with Crippen LogP contribution in [0.5, 0.6) is 0 Å². The Labute approximate surface area is 135 Å². The van der Waals surface area contributed by atoms with Gasteiger partial charge in [-0.15, -0.1) is 0 Å². The molecule has 8 heteroatoms. The van der Waals surface area contributed by atoms with Crippen molar-refractivity contribution in [1.82, 2.24) is 9.62 Å². The van der Waals surface area contributed by atoms with Gasteiger partial charge in [0.2, 0.25) is 10.0 Å². The van der Waals surface area contributed by atoms with Crippen LogP contribution in [0.4, 0.5) is 0 Å². The number of ether oxygens (including phenoxy) is 1. The summed E-state index contributed by atoms with van der Waals surface area (Å²) >= 11 is 0. The molecule has 7 nitrogen and oxygen atoms in total. The number of benzene rings is 1. The molecule has 126 valence electrons. The molecule has 1 fully saturated rings. The molecular formula is C15H20N2O5S. The van der Waals surface area contributed by atoms with Crippen molar-refractivity contribution in [3.8, 4) is 0 Å². The lowest BCUT2D eigenvalue weighted by Gasteiger charge is -2.16. The van der Waals surface area contributed by atoms with Crippen LogP contribution in [0.15, 0.2) is 29.2 Å². The van der Waals surface area contributed by atoms with Gasteiger partial charge in [0, 0.05) is 18.7 Å². The van der Waals surface area contributed by atoms with Crippen LogP contribution < -0.4 is 5.32 Å². The van der Waals surface area contributed by atoms with Crippen LogP contribution in [0.1, 0.15) is 30.1 Å². The normalized spacial score (nSPS) is 16.8. The van der Waals surface area contributed by atoms with Gasteiger partial charge in [0.1, 0.15) is 6.04 Å². The van der Waals surface area contributed by atoms with E-state index >= 15 is 0 Å². The van der Waals surface area contributed by atoms with E-state index in [0.717, 1.165) is 12.8 Å². The first kappa shape index (κ1) is 17.4. The third-order valence-electron chi connectivity index (χ3n) is 3.72.